The van der Waals surface area contributed by atoms with E-state index < -0.39 is 0 Å². The van der Waals surface area contributed by atoms with Crippen LogP contribution < -0.4 is 0 Å². The zero-order chi connectivity index (χ0) is 12.9. The summed E-state index contributed by atoms with van der Waals surface area (Å²) in [6.45, 7) is 0.644. The van der Waals surface area contributed by atoms with Gasteiger partial charge in [-0.3, -0.25) is 0 Å². The molecule has 0 spiro atoms. The molecule has 2 heterocycles. The minimum absolute atomic E-state index is 0.644. The first-order valence-corrected chi connectivity index (χ1v) is 7.66. The first-order chi connectivity index (χ1) is 9.42. The molecule has 2 aromatic heterocycles. The largest absolute Gasteiger partial charge is 0.183 e. The Morgan fingerprint density at radius 1 is 0.842 bits per heavy atom. The lowest BCUT2D eigenvalue weighted by atomic mass is 10.3. The van der Waals surface area contributed by atoms with Crippen LogP contribution in [0.5, 0.6) is 0 Å². The van der Waals surface area contributed by atoms with E-state index in [9.17, 15) is 0 Å². The van der Waals surface area contributed by atoms with Gasteiger partial charge in [-0.25, -0.2) is 0 Å². The summed E-state index contributed by atoms with van der Waals surface area (Å²) in [5, 5.41) is 10.6. The maximum atomic E-state index is 4.25. The molecule has 0 unspecified atom stereocenters. The topological polar surface area (TPSA) is 24.7 Å². The fraction of sp³-hybridized carbons (Fsp3) is 0.0667. The quantitative estimate of drug-likeness (QED) is 0.544. The summed E-state index contributed by atoms with van der Waals surface area (Å²) >= 11 is 3.55. The van der Waals surface area contributed by atoms with E-state index in [4.69, 9.17) is 0 Å². The van der Waals surface area contributed by atoms with Gasteiger partial charge in [-0.1, -0.05) is 24.3 Å². The molecular formula is C15H12N2S2. The van der Waals surface area contributed by atoms with E-state index in [1.54, 1.807) is 22.7 Å². The summed E-state index contributed by atoms with van der Waals surface area (Å²) in [4.78, 5) is 3.86. The third-order valence-electron chi connectivity index (χ3n) is 2.59. The van der Waals surface area contributed by atoms with Crippen LogP contribution in [0.25, 0.3) is 9.75 Å². The third kappa shape index (κ3) is 3.16. The maximum Gasteiger partial charge on any atom is 0.0946 e. The molecule has 0 aliphatic rings. The van der Waals surface area contributed by atoms with E-state index in [2.05, 4.69) is 39.9 Å². The zero-order valence-electron chi connectivity index (χ0n) is 10.2. The van der Waals surface area contributed by atoms with Gasteiger partial charge in [-0.05, 0) is 35.7 Å². The summed E-state index contributed by atoms with van der Waals surface area (Å²) < 4.78 is 0. The number of nitrogens with zero attached hydrogens (tertiary/aromatic N) is 2. The highest BCUT2D eigenvalue weighted by Gasteiger charge is 2.02. The predicted octanol–water partition coefficient (Wildman–Crippen LogP) is 5.76. The van der Waals surface area contributed by atoms with Crippen LogP contribution in [0.15, 0.2) is 70.2 Å². The van der Waals surface area contributed by atoms with Crippen molar-refractivity contribution in [1.29, 1.82) is 0 Å². The number of hydrogen-bond donors (Lipinski definition) is 0. The Morgan fingerprint density at radius 3 is 2.53 bits per heavy atom. The van der Waals surface area contributed by atoms with Gasteiger partial charge < -0.3 is 0 Å². The molecule has 0 N–H and O–H groups in total. The van der Waals surface area contributed by atoms with Crippen LogP contribution in [0.1, 0.15) is 4.88 Å². The minimum Gasteiger partial charge on any atom is -0.183 e. The van der Waals surface area contributed by atoms with Crippen molar-refractivity contribution in [1.82, 2.24) is 0 Å². The Kier molecular flexibility index (Phi) is 3.81. The first kappa shape index (κ1) is 12.3. The molecule has 4 heteroatoms. The number of rotatable bonds is 4. The fourth-order valence-corrected chi connectivity index (χ4v) is 3.46. The molecule has 19 heavy (non-hydrogen) atoms. The van der Waals surface area contributed by atoms with Gasteiger partial charge in [0, 0.05) is 14.6 Å². The molecule has 0 fully saturated rings. The summed E-state index contributed by atoms with van der Waals surface area (Å²) in [5.41, 5.74) is 0.900. The number of azo groups is 1. The molecule has 1 aromatic carbocycles. The number of benzene rings is 1. The van der Waals surface area contributed by atoms with Gasteiger partial charge in [0.25, 0.3) is 0 Å². The van der Waals surface area contributed by atoms with Gasteiger partial charge in [0.15, 0.2) is 0 Å². The molecule has 0 radical (unpaired) electrons. The zero-order valence-corrected chi connectivity index (χ0v) is 11.8. The molecule has 0 amide bonds. The Bertz CT molecular complexity index is 655. The molecule has 0 aliphatic carbocycles. The van der Waals surface area contributed by atoms with E-state index in [1.807, 2.05) is 30.3 Å². The van der Waals surface area contributed by atoms with Crippen molar-refractivity contribution in [2.24, 2.45) is 10.2 Å². The molecule has 3 rings (SSSR count). The van der Waals surface area contributed by atoms with Gasteiger partial charge in [0.1, 0.15) is 0 Å². The van der Waals surface area contributed by atoms with Crippen molar-refractivity contribution in [3.05, 3.63) is 64.9 Å². The highest BCUT2D eigenvalue weighted by molar-refractivity contribution is 7.21. The molecule has 3 aromatic rings. The van der Waals surface area contributed by atoms with E-state index in [-0.39, 0.29) is 0 Å². The molecule has 94 valence electrons. The van der Waals surface area contributed by atoms with Crippen LogP contribution >= 0.6 is 22.7 Å². The van der Waals surface area contributed by atoms with Crippen molar-refractivity contribution < 1.29 is 0 Å². The second kappa shape index (κ2) is 5.91. The minimum atomic E-state index is 0.644. The normalized spacial score (nSPS) is 11.2. The van der Waals surface area contributed by atoms with Crippen molar-refractivity contribution in [3.8, 4) is 9.75 Å². The van der Waals surface area contributed by atoms with Gasteiger partial charge in [0.05, 0.1) is 12.2 Å². The highest BCUT2D eigenvalue weighted by atomic mass is 32.1. The standard InChI is InChI=1S/C15H12N2S2/c1-2-5-12(6-3-1)17-16-11-13-8-9-15(19-13)14-7-4-10-18-14/h1-10H,11H2. The summed E-state index contributed by atoms with van der Waals surface area (Å²) in [6.07, 6.45) is 0. The lowest BCUT2D eigenvalue weighted by Crippen LogP contribution is -1.70. The monoisotopic (exact) mass is 284 g/mol. The second-order valence-electron chi connectivity index (χ2n) is 3.98. The molecular weight excluding hydrogens is 272 g/mol. The highest BCUT2D eigenvalue weighted by Crippen LogP contribution is 2.31. The van der Waals surface area contributed by atoms with Crippen LogP contribution in [-0.2, 0) is 6.54 Å². The number of hydrogen-bond acceptors (Lipinski definition) is 4. The smallest absolute Gasteiger partial charge is 0.0946 e. The molecule has 0 atom stereocenters. The van der Waals surface area contributed by atoms with Gasteiger partial charge >= 0.3 is 0 Å². The van der Waals surface area contributed by atoms with E-state index in [0.717, 1.165) is 5.69 Å². The summed E-state index contributed by atoms with van der Waals surface area (Å²) in [6, 6.07) is 18.3. The molecule has 0 saturated heterocycles. The van der Waals surface area contributed by atoms with Crippen LogP contribution in [0.3, 0.4) is 0 Å². The Morgan fingerprint density at radius 2 is 1.74 bits per heavy atom. The average molecular weight is 284 g/mol. The van der Waals surface area contributed by atoms with Gasteiger partial charge in [-0.15, -0.1) is 22.7 Å². The first-order valence-electron chi connectivity index (χ1n) is 5.97. The molecule has 0 bridgehead atoms. The van der Waals surface area contributed by atoms with Gasteiger partial charge in [0.2, 0.25) is 0 Å². The fourth-order valence-electron chi connectivity index (χ4n) is 1.70. The van der Waals surface area contributed by atoms with Crippen molar-refractivity contribution in [2.75, 3.05) is 0 Å². The van der Waals surface area contributed by atoms with Crippen LogP contribution in [-0.4, -0.2) is 0 Å². The summed E-state index contributed by atoms with van der Waals surface area (Å²) in [5.74, 6) is 0. The van der Waals surface area contributed by atoms with Gasteiger partial charge in [-0.2, -0.15) is 10.2 Å². The lowest BCUT2D eigenvalue weighted by Gasteiger charge is -1.91. The van der Waals surface area contributed by atoms with Crippen molar-refractivity contribution >= 4 is 28.4 Å². The van der Waals surface area contributed by atoms with Crippen LogP contribution in [0, 0.1) is 0 Å². The maximum absolute atomic E-state index is 4.25. The average Bonchev–Trinajstić information content (AvgIpc) is 3.10. The third-order valence-corrected chi connectivity index (χ3v) is 4.73. The molecule has 2 nitrogen and oxygen atoms in total. The van der Waals surface area contributed by atoms with Crippen LogP contribution in [0.4, 0.5) is 5.69 Å². The second-order valence-corrected chi connectivity index (χ2v) is 6.09. The Balaban J connectivity index is 1.67. The van der Waals surface area contributed by atoms with Crippen molar-refractivity contribution in [2.45, 2.75) is 6.54 Å². The Hall–Kier alpha value is -1.78. The lowest BCUT2D eigenvalue weighted by molar-refractivity contribution is 0.979. The van der Waals surface area contributed by atoms with Crippen LogP contribution in [0.2, 0.25) is 0 Å². The molecule has 0 aliphatic heterocycles. The van der Waals surface area contributed by atoms with Crippen molar-refractivity contribution in [3.63, 3.8) is 0 Å². The Labute approximate surface area is 120 Å². The predicted molar refractivity (Wildman–Crippen MR) is 82.3 cm³/mol. The van der Waals surface area contributed by atoms with E-state index >= 15 is 0 Å². The van der Waals surface area contributed by atoms with E-state index in [0.29, 0.717) is 6.54 Å². The summed E-state index contributed by atoms with van der Waals surface area (Å²) in [7, 11) is 0. The SMILES string of the molecule is c1ccc(N=NCc2ccc(-c3cccs3)s2)cc1. The number of thiophene rings is 2. The molecule has 0 saturated carbocycles. The van der Waals surface area contributed by atoms with E-state index in [1.165, 1.54) is 14.6 Å².